The second kappa shape index (κ2) is 10.2. The number of Topliss-reactive ketones (excluding diaryl/α,β-unsaturated/α-hetero) is 1. The SMILES string of the molecule is Cc1ccc(Cn2nc(C)c(C=CC(=O)OCC(=O)c3cc(C)n(-c4cc(C)on4)c3C)c2C)cc1. The van der Waals surface area contributed by atoms with Gasteiger partial charge in [-0.1, -0.05) is 35.0 Å². The first kappa shape index (κ1) is 24.9. The molecule has 0 N–H and O–H groups in total. The Labute approximate surface area is 210 Å². The van der Waals surface area contributed by atoms with Crippen LogP contribution in [0.5, 0.6) is 0 Å². The smallest absolute Gasteiger partial charge is 0.331 e. The number of nitrogens with zero attached hydrogens (tertiary/aromatic N) is 4. The Bertz CT molecular complexity index is 1450. The summed E-state index contributed by atoms with van der Waals surface area (Å²) >= 11 is 0. The zero-order valence-electron chi connectivity index (χ0n) is 21.5. The van der Waals surface area contributed by atoms with Gasteiger partial charge < -0.3 is 9.26 Å². The Morgan fingerprint density at radius 2 is 1.72 bits per heavy atom. The van der Waals surface area contributed by atoms with Crippen molar-refractivity contribution in [2.75, 3.05) is 6.61 Å². The molecule has 3 aromatic heterocycles. The molecule has 186 valence electrons. The van der Waals surface area contributed by atoms with Crippen molar-refractivity contribution in [3.63, 3.8) is 0 Å². The molecule has 0 aliphatic rings. The second-order valence-corrected chi connectivity index (χ2v) is 9.01. The first-order chi connectivity index (χ1) is 17.1. The van der Waals surface area contributed by atoms with Gasteiger partial charge in [-0.25, -0.2) is 4.79 Å². The average molecular weight is 487 g/mol. The van der Waals surface area contributed by atoms with Crippen molar-refractivity contribution in [2.24, 2.45) is 0 Å². The Kier molecular flexibility index (Phi) is 7.05. The first-order valence-corrected chi connectivity index (χ1v) is 11.7. The first-order valence-electron chi connectivity index (χ1n) is 11.7. The molecule has 0 aliphatic heterocycles. The Hall–Kier alpha value is -4.20. The fourth-order valence-electron chi connectivity index (χ4n) is 4.24. The number of hydrogen-bond donors (Lipinski definition) is 0. The number of rotatable bonds is 8. The molecule has 0 aliphatic carbocycles. The third kappa shape index (κ3) is 5.22. The van der Waals surface area contributed by atoms with Gasteiger partial charge in [-0.3, -0.25) is 14.0 Å². The molecule has 0 saturated carbocycles. The summed E-state index contributed by atoms with van der Waals surface area (Å²) in [5.41, 5.74) is 7.01. The molecule has 0 radical (unpaired) electrons. The van der Waals surface area contributed by atoms with Crippen molar-refractivity contribution in [1.29, 1.82) is 0 Å². The van der Waals surface area contributed by atoms with Gasteiger partial charge in [-0.15, -0.1) is 0 Å². The number of ketones is 1. The van der Waals surface area contributed by atoms with Gasteiger partial charge in [0.05, 0.1) is 12.2 Å². The van der Waals surface area contributed by atoms with E-state index in [2.05, 4.69) is 41.4 Å². The zero-order valence-corrected chi connectivity index (χ0v) is 21.5. The van der Waals surface area contributed by atoms with Crippen LogP contribution in [-0.2, 0) is 16.1 Å². The van der Waals surface area contributed by atoms with E-state index in [4.69, 9.17) is 9.26 Å². The van der Waals surface area contributed by atoms with Gasteiger partial charge in [0.1, 0.15) is 5.76 Å². The number of carbonyl (C=O) groups excluding carboxylic acids is 2. The molecule has 8 nitrogen and oxygen atoms in total. The number of hydrogen-bond acceptors (Lipinski definition) is 6. The van der Waals surface area contributed by atoms with E-state index < -0.39 is 5.97 Å². The maximum absolute atomic E-state index is 12.8. The number of ether oxygens (including phenoxy) is 1. The van der Waals surface area contributed by atoms with Gasteiger partial charge in [-0.05, 0) is 59.2 Å². The molecule has 0 unspecified atom stereocenters. The molecule has 8 heteroatoms. The van der Waals surface area contributed by atoms with E-state index >= 15 is 0 Å². The van der Waals surface area contributed by atoms with Crippen LogP contribution in [0.3, 0.4) is 0 Å². The monoisotopic (exact) mass is 486 g/mol. The van der Waals surface area contributed by atoms with Crippen LogP contribution in [0.25, 0.3) is 11.9 Å². The van der Waals surface area contributed by atoms with Gasteiger partial charge >= 0.3 is 5.97 Å². The minimum absolute atomic E-state index is 0.283. The summed E-state index contributed by atoms with van der Waals surface area (Å²) in [6.45, 7) is 11.7. The lowest BCUT2D eigenvalue weighted by molar-refractivity contribution is -0.136. The largest absolute Gasteiger partial charge is 0.454 e. The van der Waals surface area contributed by atoms with Crippen molar-refractivity contribution in [1.82, 2.24) is 19.5 Å². The van der Waals surface area contributed by atoms with E-state index in [0.717, 1.165) is 28.2 Å². The van der Waals surface area contributed by atoms with Crippen molar-refractivity contribution in [3.05, 3.63) is 93.3 Å². The van der Waals surface area contributed by atoms with Crippen LogP contribution < -0.4 is 0 Å². The van der Waals surface area contributed by atoms with E-state index in [1.54, 1.807) is 18.2 Å². The summed E-state index contributed by atoms with van der Waals surface area (Å²) in [5, 5.41) is 8.64. The topological polar surface area (TPSA) is 92.2 Å². The standard InChI is InChI=1S/C28H30N4O4/c1-17-7-9-23(10-8-17)15-31-21(5)24(20(4)29-31)11-12-28(34)35-16-26(33)25-13-18(2)32(22(25)6)27-14-19(3)36-30-27/h7-14H,15-16H2,1-6H3. The number of aromatic nitrogens is 4. The predicted octanol–water partition coefficient (Wildman–Crippen LogP) is 5.00. The molecule has 0 amide bonds. The van der Waals surface area contributed by atoms with Gasteiger partial charge in [0.15, 0.2) is 12.4 Å². The highest BCUT2D eigenvalue weighted by Crippen LogP contribution is 2.21. The third-order valence-corrected chi connectivity index (χ3v) is 6.20. The van der Waals surface area contributed by atoms with Crippen LogP contribution in [0.4, 0.5) is 0 Å². The summed E-state index contributed by atoms with van der Waals surface area (Å²) in [7, 11) is 0. The lowest BCUT2D eigenvalue weighted by Gasteiger charge is -2.06. The number of carbonyl (C=O) groups is 2. The van der Waals surface area contributed by atoms with E-state index in [1.807, 2.05) is 43.9 Å². The van der Waals surface area contributed by atoms with Crippen LogP contribution in [0.15, 0.2) is 47.0 Å². The molecule has 4 rings (SSSR count). The van der Waals surface area contributed by atoms with Crippen molar-refractivity contribution >= 4 is 17.8 Å². The molecule has 0 saturated heterocycles. The minimum atomic E-state index is -0.589. The number of aryl methyl sites for hydroxylation is 4. The molecule has 0 bridgehead atoms. The quantitative estimate of drug-likeness (QED) is 0.198. The van der Waals surface area contributed by atoms with Crippen LogP contribution in [0.2, 0.25) is 0 Å². The summed E-state index contributed by atoms with van der Waals surface area (Å²) in [5.74, 6) is 0.413. The molecular weight excluding hydrogens is 456 g/mol. The summed E-state index contributed by atoms with van der Waals surface area (Å²) < 4.78 is 14.2. The van der Waals surface area contributed by atoms with Gasteiger partial charge in [0.2, 0.25) is 5.78 Å². The number of esters is 1. The third-order valence-electron chi connectivity index (χ3n) is 6.20. The van der Waals surface area contributed by atoms with E-state index in [1.165, 1.54) is 11.6 Å². The molecule has 0 fully saturated rings. The number of benzene rings is 1. The highest BCUT2D eigenvalue weighted by molar-refractivity contribution is 6.00. The van der Waals surface area contributed by atoms with Crippen LogP contribution in [-0.4, -0.2) is 37.9 Å². The van der Waals surface area contributed by atoms with E-state index in [-0.39, 0.29) is 12.4 Å². The van der Waals surface area contributed by atoms with Gasteiger partial charge in [0.25, 0.3) is 0 Å². The summed E-state index contributed by atoms with van der Waals surface area (Å²) in [6.07, 6.45) is 3.02. The van der Waals surface area contributed by atoms with Crippen LogP contribution in [0.1, 0.15) is 55.6 Å². The summed E-state index contributed by atoms with van der Waals surface area (Å²) in [6, 6.07) is 11.9. The van der Waals surface area contributed by atoms with Crippen molar-refractivity contribution in [3.8, 4) is 5.82 Å². The van der Waals surface area contributed by atoms with Crippen molar-refractivity contribution < 1.29 is 18.8 Å². The lowest BCUT2D eigenvalue weighted by Crippen LogP contribution is -2.13. The van der Waals surface area contributed by atoms with Gasteiger partial charge in [0, 0.05) is 40.4 Å². The van der Waals surface area contributed by atoms with E-state index in [0.29, 0.717) is 29.4 Å². The second-order valence-electron chi connectivity index (χ2n) is 9.01. The Balaban J connectivity index is 1.40. The fourth-order valence-corrected chi connectivity index (χ4v) is 4.24. The lowest BCUT2D eigenvalue weighted by atomic mass is 10.1. The van der Waals surface area contributed by atoms with E-state index in [9.17, 15) is 9.59 Å². The highest BCUT2D eigenvalue weighted by Gasteiger charge is 2.19. The minimum Gasteiger partial charge on any atom is -0.454 e. The fraction of sp³-hybridized carbons (Fsp3) is 0.286. The predicted molar refractivity (Wildman–Crippen MR) is 136 cm³/mol. The molecule has 0 spiro atoms. The Morgan fingerprint density at radius 3 is 2.39 bits per heavy atom. The summed E-state index contributed by atoms with van der Waals surface area (Å²) in [4.78, 5) is 25.2. The molecule has 4 aromatic rings. The van der Waals surface area contributed by atoms with Crippen molar-refractivity contribution in [2.45, 2.75) is 48.1 Å². The molecule has 1 aromatic carbocycles. The normalized spacial score (nSPS) is 11.4. The highest BCUT2D eigenvalue weighted by atomic mass is 16.5. The molecular formula is C28H30N4O4. The van der Waals surface area contributed by atoms with Crippen LogP contribution in [0, 0.1) is 41.5 Å². The van der Waals surface area contributed by atoms with Gasteiger partial charge in [-0.2, -0.15) is 5.10 Å². The van der Waals surface area contributed by atoms with Crippen LogP contribution >= 0.6 is 0 Å². The zero-order chi connectivity index (χ0) is 26.0. The molecule has 3 heterocycles. The average Bonchev–Trinajstić information content (AvgIpc) is 3.47. The maximum Gasteiger partial charge on any atom is 0.331 e. The Morgan fingerprint density at radius 1 is 1.00 bits per heavy atom. The maximum atomic E-state index is 12.8. The molecule has 0 atom stereocenters. The molecule has 36 heavy (non-hydrogen) atoms.